The quantitative estimate of drug-likeness (QED) is 0.561. The van der Waals surface area contributed by atoms with Gasteiger partial charge in [-0.15, -0.1) is 0 Å². The van der Waals surface area contributed by atoms with Crippen LogP contribution in [0.5, 0.6) is 0 Å². The Bertz CT molecular complexity index is 218. The third kappa shape index (κ3) is 7.45. The van der Waals surface area contributed by atoms with E-state index in [0.29, 0.717) is 0 Å². The van der Waals surface area contributed by atoms with Crippen LogP contribution in [-0.4, -0.2) is 30.7 Å². The number of quaternary nitrogens is 1. The molecule has 122 valence electrons. The first-order valence-electron chi connectivity index (χ1n) is 8.97. The number of hydrogen-bond acceptors (Lipinski definition) is 0. The molecule has 0 N–H and O–H groups in total. The molecule has 0 bridgehead atoms. The lowest BCUT2D eigenvalue weighted by Crippen LogP contribution is -3.00. The fourth-order valence-corrected chi connectivity index (χ4v) is 3.63. The molecule has 2 atom stereocenters. The second-order valence-electron chi connectivity index (χ2n) is 7.28. The summed E-state index contributed by atoms with van der Waals surface area (Å²) < 4.78 is 1.45. The molecule has 0 aromatic rings. The molecule has 0 saturated carbocycles. The van der Waals surface area contributed by atoms with E-state index >= 15 is 0 Å². The highest BCUT2D eigenvalue weighted by molar-refractivity contribution is 4.60. The van der Waals surface area contributed by atoms with Crippen LogP contribution in [0.3, 0.4) is 0 Å². The molecule has 0 aliphatic carbocycles. The Kier molecular flexibility index (Phi) is 11.3. The predicted molar refractivity (Wildman–Crippen MR) is 86.3 cm³/mol. The maximum absolute atomic E-state index is 2.48. The fraction of sp³-hybridized carbons (Fsp3) is 1.00. The van der Waals surface area contributed by atoms with Crippen LogP contribution in [0.2, 0.25) is 0 Å². The summed E-state index contributed by atoms with van der Waals surface area (Å²) in [6.07, 6.45) is 11.5. The maximum Gasteiger partial charge on any atom is 0.0789 e. The number of hydrogen-bond donors (Lipinski definition) is 0. The second kappa shape index (κ2) is 11.1. The molecule has 1 rings (SSSR count). The van der Waals surface area contributed by atoms with Gasteiger partial charge in [-0.1, -0.05) is 47.0 Å². The molecule has 1 aliphatic rings. The Balaban J connectivity index is 0.00000361. The highest BCUT2D eigenvalue weighted by Gasteiger charge is 2.28. The minimum Gasteiger partial charge on any atom is -1.00 e. The van der Waals surface area contributed by atoms with E-state index < -0.39 is 0 Å². The molecule has 2 heteroatoms. The Morgan fingerprint density at radius 3 is 1.95 bits per heavy atom. The standard InChI is InChI=1S/C18H38N.BrH/c1-5-13-19(14-8-7-9-15-19)16-12-18(4)11-10-17(3)6-2;/h17-18H,5-16H2,1-4H3;1H/q+1;/p-1. The van der Waals surface area contributed by atoms with Gasteiger partial charge in [0.2, 0.25) is 0 Å². The summed E-state index contributed by atoms with van der Waals surface area (Å²) in [5, 5.41) is 0. The minimum absolute atomic E-state index is 0. The smallest absolute Gasteiger partial charge is 0.0789 e. The van der Waals surface area contributed by atoms with Crippen LogP contribution in [-0.2, 0) is 0 Å². The van der Waals surface area contributed by atoms with Gasteiger partial charge in [-0.05, 0) is 43.9 Å². The van der Waals surface area contributed by atoms with Crippen molar-refractivity contribution in [2.45, 2.75) is 79.1 Å². The lowest BCUT2D eigenvalue weighted by molar-refractivity contribution is -0.933. The third-order valence-electron chi connectivity index (χ3n) is 5.41. The molecule has 1 saturated heterocycles. The zero-order chi connectivity index (χ0) is 14.1. The van der Waals surface area contributed by atoms with Crippen LogP contribution in [0, 0.1) is 11.8 Å². The highest BCUT2D eigenvalue weighted by atomic mass is 79.9. The van der Waals surface area contributed by atoms with Crippen LogP contribution in [0.15, 0.2) is 0 Å². The Morgan fingerprint density at radius 1 is 0.800 bits per heavy atom. The lowest BCUT2D eigenvalue weighted by Gasteiger charge is -2.42. The van der Waals surface area contributed by atoms with Crippen molar-refractivity contribution in [1.82, 2.24) is 0 Å². The Hall–Kier alpha value is 0.440. The zero-order valence-corrected chi connectivity index (χ0v) is 16.1. The van der Waals surface area contributed by atoms with Crippen molar-refractivity contribution in [2.24, 2.45) is 11.8 Å². The summed E-state index contributed by atoms with van der Waals surface area (Å²) in [5.41, 5.74) is 0. The van der Waals surface area contributed by atoms with Crippen molar-refractivity contribution >= 4 is 0 Å². The van der Waals surface area contributed by atoms with Gasteiger partial charge in [-0.25, -0.2) is 0 Å². The number of nitrogens with zero attached hydrogens (tertiary/aromatic N) is 1. The number of likely N-dealkylation sites (tertiary alicyclic amines) is 1. The molecule has 2 unspecified atom stereocenters. The summed E-state index contributed by atoms with van der Waals surface area (Å²) >= 11 is 0. The first kappa shape index (κ1) is 20.4. The van der Waals surface area contributed by atoms with Gasteiger partial charge < -0.3 is 21.5 Å². The van der Waals surface area contributed by atoms with Crippen LogP contribution >= 0.6 is 0 Å². The molecule has 1 aliphatic heterocycles. The van der Waals surface area contributed by atoms with E-state index in [2.05, 4.69) is 27.7 Å². The monoisotopic (exact) mass is 347 g/mol. The van der Waals surface area contributed by atoms with Crippen molar-refractivity contribution in [3.8, 4) is 0 Å². The molecule has 0 radical (unpaired) electrons. The number of piperidine rings is 1. The normalized spacial score (nSPS) is 21.0. The minimum atomic E-state index is 0. The van der Waals surface area contributed by atoms with Gasteiger partial charge in [-0.2, -0.15) is 0 Å². The zero-order valence-electron chi connectivity index (χ0n) is 14.5. The van der Waals surface area contributed by atoms with Gasteiger partial charge in [0, 0.05) is 0 Å². The van der Waals surface area contributed by atoms with E-state index in [1.54, 1.807) is 0 Å². The summed E-state index contributed by atoms with van der Waals surface area (Å²) in [6, 6.07) is 0. The molecule has 1 heterocycles. The summed E-state index contributed by atoms with van der Waals surface area (Å²) in [5.74, 6) is 1.86. The fourth-order valence-electron chi connectivity index (χ4n) is 3.63. The van der Waals surface area contributed by atoms with Crippen molar-refractivity contribution in [3.05, 3.63) is 0 Å². The Labute approximate surface area is 138 Å². The topological polar surface area (TPSA) is 0 Å². The van der Waals surface area contributed by atoms with E-state index in [0.717, 1.165) is 11.8 Å². The van der Waals surface area contributed by atoms with Crippen LogP contribution in [0.4, 0.5) is 0 Å². The van der Waals surface area contributed by atoms with Gasteiger partial charge in [0.15, 0.2) is 0 Å². The van der Waals surface area contributed by atoms with Crippen LogP contribution in [0.25, 0.3) is 0 Å². The SMILES string of the molecule is CCC[N+]1(CCC(C)CCC(C)CC)CCCCC1.[Br-]. The van der Waals surface area contributed by atoms with Crippen molar-refractivity contribution < 1.29 is 21.5 Å². The molecule has 0 aromatic carbocycles. The van der Waals surface area contributed by atoms with E-state index in [-0.39, 0.29) is 17.0 Å². The highest BCUT2D eigenvalue weighted by Crippen LogP contribution is 2.24. The summed E-state index contributed by atoms with van der Waals surface area (Å²) in [4.78, 5) is 0. The first-order valence-corrected chi connectivity index (χ1v) is 8.97. The van der Waals surface area contributed by atoms with Gasteiger partial charge in [0.05, 0.1) is 26.2 Å². The molecule has 0 spiro atoms. The van der Waals surface area contributed by atoms with Gasteiger partial charge in [-0.3, -0.25) is 0 Å². The molecule has 0 aromatic heterocycles. The van der Waals surface area contributed by atoms with Gasteiger partial charge in [0.1, 0.15) is 0 Å². The summed E-state index contributed by atoms with van der Waals surface area (Å²) in [7, 11) is 0. The van der Waals surface area contributed by atoms with E-state index in [9.17, 15) is 0 Å². The van der Waals surface area contributed by atoms with Crippen LogP contribution in [0.1, 0.15) is 79.1 Å². The van der Waals surface area contributed by atoms with E-state index in [1.165, 1.54) is 82.0 Å². The van der Waals surface area contributed by atoms with E-state index in [4.69, 9.17) is 0 Å². The molecule has 1 nitrogen and oxygen atoms in total. The van der Waals surface area contributed by atoms with Crippen molar-refractivity contribution in [3.63, 3.8) is 0 Å². The first-order chi connectivity index (χ1) is 9.12. The molecule has 20 heavy (non-hydrogen) atoms. The summed E-state index contributed by atoms with van der Waals surface area (Å²) in [6.45, 7) is 15.4. The average molecular weight is 348 g/mol. The number of halogens is 1. The lowest BCUT2D eigenvalue weighted by atomic mass is 9.93. The molecular formula is C18H38BrN. The van der Waals surface area contributed by atoms with Gasteiger partial charge in [0.25, 0.3) is 0 Å². The third-order valence-corrected chi connectivity index (χ3v) is 5.41. The molecular weight excluding hydrogens is 310 g/mol. The predicted octanol–water partition coefficient (Wildman–Crippen LogP) is 2.25. The van der Waals surface area contributed by atoms with Crippen molar-refractivity contribution in [1.29, 1.82) is 0 Å². The van der Waals surface area contributed by atoms with Crippen LogP contribution < -0.4 is 17.0 Å². The maximum atomic E-state index is 2.48. The van der Waals surface area contributed by atoms with Gasteiger partial charge >= 0.3 is 0 Å². The average Bonchev–Trinajstić information content (AvgIpc) is 2.44. The number of rotatable bonds is 9. The molecule has 0 amide bonds. The Morgan fingerprint density at radius 2 is 1.40 bits per heavy atom. The van der Waals surface area contributed by atoms with Crippen molar-refractivity contribution in [2.75, 3.05) is 26.2 Å². The second-order valence-corrected chi connectivity index (χ2v) is 7.28. The molecule has 1 fully saturated rings. The van der Waals surface area contributed by atoms with E-state index in [1.807, 2.05) is 0 Å². The largest absolute Gasteiger partial charge is 1.00 e.